The minimum Gasteiger partial charge on any atom is -0.494 e. The van der Waals surface area contributed by atoms with Crippen LogP contribution in [0.2, 0.25) is 0 Å². The van der Waals surface area contributed by atoms with E-state index in [1.165, 1.54) is 19.3 Å². The van der Waals surface area contributed by atoms with Gasteiger partial charge in [0.15, 0.2) is 0 Å². The molecule has 0 aliphatic carbocycles. The third-order valence-electron chi connectivity index (χ3n) is 4.53. The van der Waals surface area contributed by atoms with Crippen LogP contribution in [0.5, 0.6) is 11.5 Å². The Morgan fingerprint density at radius 1 is 0.552 bits per heavy atom. The summed E-state index contributed by atoms with van der Waals surface area (Å²) in [5, 5.41) is 17.7. The van der Waals surface area contributed by atoms with Crippen molar-refractivity contribution in [1.82, 2.24) is 0 Å². The lowest BCUT2D eigenvalue weighted by atomic mass is 10.1. The molecule has 0 fully saturated rings. The number of hydrogen-bond acceptors (Lipinski definition) is 4. The largest absolute Gasteiger partial charge is 0.494 e. The zero-order valence-electron chi connectivity index (χ0n) is 16.5. The fourth-order valence-electron chi connectivity index (χ4n) is 2.86. The highest BCUT2D eigenvalue weighted by Gasteiger charge is 2.03. The summed E-state index contributed by atoms with van der Waals surface area (Å²) in [5.74, 6) is -0.463. The molecular formula is C23H28O6. The van der Waals surface area contributed by atoms with Gasteiger partial charge in [0.25, 0.3) is 0 Å². The zero-order chi connectivity index (χ0) is 20.9. The fourth-order valence-corrected chi connectivity index (χ4v) is 2.86. The predicted octanol–water partition coefficient (Wildman–Crippen LogP) is 5.27. The maximum absolute atomic E-state index is 10.8. The van der Waals surface area contributed by atoms with Crippen LogP contribution < -0.4 is 9.47 Å². The summed E-state index contributed by atoms with van der Waals surface area (Å²) in [7, 11) is 0. The van der Waals surface area contributed by atoms with Crippen LogP contribution in [0.4, 0.5) is 0 Å². The van der Waals surface area contributed by atoms with Crippen molar-refractivity contribution >= 4 is 11.9 Å². The van der Waals surface area contributed by atoms with Crippen molar-refractivity contribution in [3.05, 3.63) is 59.7 Å². The minimum absolute atomic E-state index is 0.263. The summed E-state index contributed by atoms with van der Waals surface area (Å²) in [6.07, 6.45) is 7.70. The maximum atomic E-state index is 10.8. The number of rotatable bonds is 14. The molecule has 0 aliphatic rings. The molecule has 2 N–H and O–H groups in total. The van der Waals surface area contributed by atoms with Gasteiger partial charge in [-0.3, -0.25) is 0 Å². The van der Waals surface area contributed by atoms with Crippen LogP contribution >= 0.6 is 0 Å². The van der Waals surface area contributed by atoms with Gasteiger partial charge in [0.05, 0.1) is 24.3 Å². The summed E-state index contributed by atoms with van der Waals surface area (Å²) in [5.41, 5.74) is 0.526. The van der Waals surface area contributed by atoms with Gasteiger partial charge in [-0.05, 0) is 61.4 Å². The van der Waals surface area contributed by atoms with Crippen molar-refractivity contribution in [2.45, 2.75) is 44.9 Å². The molecule has 2 aromatic rings. The highest BCUT2D eigenvalue weighted by atomic mass is 16.5. The van der Waals surface area contributed by atoms with Crippen molar-refractivity contribution in [1.29, 1.82) is 0 Å². The Labute approximate surface area is 171 Å². The van der Waals surface area contributed by atoms with E-state index in [2.05, 4.69) is 0 Å². The van der Waals surface area contributed by atoms with Crippen molar-refractivity contribution < 1.29 is 29.3 Å². The highest BCUT2D eigenvalue weighted by Crippen LogP contribution is 2.15. The van der Waals surface area contributed by atoms with Crippen molar-refractivity contribution in [2.75, 3.05) is 13.2 Å². The molecular weight excluding hydrogens is 372 g/mol. The monoisotopic (exact) mass is 400 g/mol. The highest BCUT2D eigenvalue weighted by molar-refractivity contribution is 5.88. The fraction of sp³-hybridized carbons (Fsp3) is 0.391. The van der Waals surface area contributed by atoms with Gasteiger partial charge < -0.3 is 19.7 Å². The first-order chi connectivity index (χ1) is 14.1. The summed E-state index contributed by atoms with van der Waals surface area (Å²) >= 11 is 0. The van der Waals surface area contributed by atoms with Crippen LogP contribution in [-0.2, 0) is 0 Å². The number of carboxylic acid groups (broad SMARTS) is 2. The SMILES string of the molecule is O=C(O)c1ccc(OCCCCCCCCCOc2ccc(C(=O)O)cc2)cc1. The third kappa shape index (κ3) is 8.68. The second-order valence-electron chi connectivity index (χ2n) is 6.83. The molecule has 0 heterocycles. The van der Waals surface area contributed by atoms with Gasteiger partial charge in [-0.2, -0.15) is 0 Å². The first-order valence-electron chi connectivity index (χ1n) is 9.98. The Hall–Kier alpha value is -3.02. The molecule has 2 aromatic carbocycles. The summed E-state index contributed by atoms with van der Waals surface area (Å²) in [4.78, 5) is 21.6. The number of unbranched alkanes of at least 4 members (excludes halogenated alkanes) is 6. The van der Waals surface area contributed by atoms with E-state index in [0.717, 1.165) is 25.7 Å². The first kappa shape index (κ1) is 22.3. The Kier molecular flexibility index (Phi) is 9.55. The van der Waals surface area contributed by atoms with E-state index >= 15 is 0 Å². The van der Waals surface area contributed by atoms with E-state index in [1.54, 1.807) is 48.5 Å². The van der Waals surface area contributed by atoms with Crippen LogP contribution in [0.15, 0.2) is 48.5 Å². The molecule has 2 rings (SSSR count). The second kappa shape index (κ2) is 12.4. The molecule has 0 radical (unpaired) electrons. The van der Waals surface area contributed by atoms with Gasteiger partial charge in [0.2, 0.25) is 0 Å². The molecule has 156 valence electrons. The molecule has 0 spiro atoms. The summed E-state index contributed by atoms with van der Waals surface area (Å²) in [6, 6.07) is 12.9. The second-order valence-corrected chi connectivity index (χ2v) is 6.83. The number of benzene rings is 2. The lowest BCUT2D eigenvalue weighted by molar-refractivity contribution is 0.0686. The maximum Gasteiger partial charge on any atom is 0.335 e. The molecule has 0 amide bonds. The first-order valence-corrected chi connectivity index (χ1v) is 9.98. The summed E-state index contributed by atoms with van der Waals surface area (Å²) in [6.45, 7) is 1.28. The molecule has 0 saturated carbocycles. The molecule has 0 unspecified atom stereocenters. The lowest BCUT2D eigenvalue weighted by Gasteiger charge is -2.07. The zero-order valence-corrected chi connectivity index (χ0v) is 16.5. The normalized spacial score (nSPS) is 10.5. The number of hydrogen-bond donors (Lipinski definition) is 2. The van der Waals surface area contributed by atoms with E-state index in [-0.39, 0.29) is 11.1 Å². The predicted molar refractivity (Wildman–Crippen MR) is 110 cm³/mol. The molecule has 0 saturated heterocycles. The van der Waals surface area contributed by atoms with Crippen molar-refractivity contribution in [2.24, 2.45) is 0 Å². The van der Waals surface area contributed by atoms with Gasteiger partial charge in [0.1, 0.15) is 11.5 Å². The Balaban J connectivity index is 1.42. The third-order valence-corrected chi connectivity index (χ3v) is 4.53. The van der Waals surface area contributed by atoms with Gasteiger partial charge in [-0.25, -0.2) is 9.59 Å². The number of carbonyl (C=O) groups is 2. The number of aromatic carboxylic acids is 2. The molecule has 29 heavy (non-hydrogen) atoms. The van der Waals surface area contributed by atoms with E-state index in [1.807, 2.05) is 0 Å². The Morgan fingerprint density at radius 3 is 1.17 bits per heavy atom. The van der Waals surface area contributed by atoms with Crippen LogP contribution in [0.1, 0.15) is 65.7 Å². The van der Waals surface area contributed by atoms with E-state index < -0.39 is 11.9 Å². The van der Waals surface area contributed by atoms with Gasteiger partial charge in [0, 0.05) is 0 Å². The lowest BCUT2D eigenvalue weighted by Crippen LogP contribution is -2.00. The van der Waals surface area contributed by atoms with Crippen LogP contribution in [0, 0.1) is 0 Å². The molecule has 6 nitrogen and oxygen atoms in total. The van der Waals surface area contributed by atoms with Crippen LogP contribution in [0.25, 0.3) is 0 Å². The standard InChI is InChI=1S/C23H28O6/c24-22(25)18-8-12-20(13-9-18)28-16-6-4-2-1-3-5-7-17-29-21-14-10-19(11-15-21)23(26)27/h8-15H,1-7,16-17H2,(H,24,25)(H,26,27). The van der Waals surface area contributed by atoms with Crippen LogP contribution in [-0.4, -0.2) is 35.4 Å². The van der Waals surface area contributed by atoms with Gasteiger partial charge in [-0.1, -0.05) is 32.1 Å². The Bertz CT molecular complexity index is 686. The van der Waals surface area contributed by atoms with Crippen LogP contribution in [0.3, 0.4) is 0 Å². The number of ether oxygens (including phenoxy) is 2. The molecule has 0 aliphatic heterocycles. The summed E-state index contributed by atoms with van der Waals surface area (Å²) < 4.78 is 11.2. The van der Waals surface area contributed by atoms with E-state index in [4.69, 9.17) is 19.7 Å². The molecule has 0 atom stereocenters. The van der Waals surface area contributed by atoms with Crippen molar-refractivity contribution in [3.8, 4) is 11.5 Å². The molecule has 0 aromatic heterocycles. The van der Waals surface area contributed by atoms with Gasteiger partial charge >= 0.3 is 11.9 Å². The minimum atomic E-state index is -0.933. The Morgan fingerprint density at radius 2 is 0.862 bits per heavy atom. The average molecular weight is 400 g/mol. The van der Waals surface area contributed by atoms with Gasteiger partial charge in [-0.15, -0.1) is 0 Å². The van der Waals surface area contributed by atoms with Crippen molar-refractivity contribution in [3.63, 3.8) is 0 Å². The average Bonchev–Trinajstić information content (AvgIpc) is 2.72. The van der Waals surface area contributed by atoms with E-state index in [9.17, 15) is 9.59 Å². The van der Waals surface area contributed by atoms with E-state index in [0.29, 0.717) is 24.7 Å². The quantitative estimate of drug-likeness (QED) is 0.420. The number of carboxylic acids is 2. The molecule has 6 heteroatoms. The topological polar surface area (TPSA) is 93.1 Å². The smallest absolute Gasteiger partial charge is 0.335 e. The molecule has 0 bridgehead atoms.